The summed E-state index contributed by atoms with van der Waals surface area (Å²) in [5.74, 6) is 0. The predicted molar refractivity (Wildman–Crippen MR) is 227 cm³/mol. The van der Waals surface area contributed by atoms with E-state index in [-0.39, 0.29) is 0 Å². The van der Waals surface area contributed by atoms with Gasteiger partial charge in [0, 0.05) is 34.1 Å². The Bertz CT molecular complexity index is 1910. The number of benzene rings is 7. The number of aryl methyl sites for hydroxylation is 8. The number of nitrogens with zero attached hydrogens (tertiary/aromatic N) is 2. The molecule has 0 amide bonds. The maximum Gasteiger partial charge on any atom is 0.0464 e. The Morgan fingerprint density at radius 1 is 0.212 bits per heavy atom. The molecule has 7 aromatic carbocycles. The summed E-state index contributed by atoms with van der Waals surface area (Å²) in [7, 11) is 0. The quantitative estimate of drug-likeness (QED) is 0.172. The lowest BCUT2D eigenvalue weighted by atomic mass is 10.1. The molecule has 0 radical (unpaired) electrons. The minimum Gasteiger partial charge on any atom is -0.310 e. The van der Waals surface area contributed by atoms with E-state index in [1.807, 2.05) is 0 Å². The molecule has 0 unspecified atom stereocenters. The van der Waals surface area contributed by atoms with Crippen molar-refractivity contribution in [1.29, 1.82) is 0 Å². The molecule has 0 aliphatic heterocycles. The summed E-state index contributed by atoms with van der Waals surface area (Å²) >= 11 is 0. The number of hydrogen-bond donors (Lipinski definition) is 0. The van der Waals surface area contributed by atoms with E-state index < -0.39 is 0 Å². The van der Waals surface area contributed by atoms with E-state index in [4.69, 9.17) is 0 Å². The van der Waals surface area contributed by atoms with Crippen molar-refractivity contribution >= 4 is 34.1 Å². The van der Waals surface area contributed by atoms with Crippen LogP contribution in [-0.2, 0) is 0 Å². The summed E-state index contributed by atoms with van der Waals surface area (Å²) < 4.78 is 0. The fraction of sp³-hybridized carbons (Fsp3) is 0.160. The first-order valence-corrected chi connectivity index (χ1v) is 18.1. The molecule has 7 rings (SSSR count). The topological polar surface area (TPSA) is 6.48 Å². The summed E-state index contributed by atoms with van der Waals surface area (Å²) in [5.41, 5.74) is 17.4. The Kier molecular flexibility index (Phi) is 12.9. The second-order valence-electron chi connectivity index (χ2n) is 13.9. The first-order valence-electron chi connectivity index (χ1n) is 18.1. The van der Waals surface area contributed by atoms with Crippen LogP contribution < -0.4 is 9.80 Å². The average molecular weight is 681 g/mol. The molecule has 0 saturated heterocycles. The molecule has 0 atom stereocenters. The van der Waals surface area contributed by atoms with Crippen LogP contribution >= 0.6 is 0 Å². The van der Waals surface area contributed by atoms with Gasteiger partial charge in [-0.3, -0.25) is 0 Å². The van der Waals surface area contributed by atoms with Crippen molar-refractivity contribution in [2.45, 2.75) is 55.4 Å². The van der Waals surface area contributed by atoms with Gasteiger partial charge in [-0.2, -0.15) is 0 Å². The standard InChI is InChI=1S/2C21H21N.C8H10/c2*1-16-10-12-19(13-11-16)22(20-8-4-6-17(2)14-20)21-9-5-7-18(3)15-21;1-7-3-5-8(2)6-4-7/h2*4-15H,1-3H3;3-6H,1-2H3. The van der Waals surface area contributed by atoms with Gasteiger partial charge in [0.05, 0.1) is 0 Å². The fourth-order valence-electron chi connectivity index (χ4n) is 5.99. The van der Waals surface area contributed by atoms with E-state index in [1.165, 1.54) is 78.6 Å². The minimum atomic E-state index is 1.18. The highest BCUT2D eigenvalue weighted by molar-refractivity contribution is 5.78. The van der Waals surface area contributed by atoms with E-state index in [2.05, 4.69) is 235 Å². The van der Waals surface area contributed by atoms with Gasteiger partial charge in [0.2, 0.25) is 0 Å². The molecule has 0 aliphatic carbocycles. The Labute approximate surface area is 312 Å². The predicted octanol–water partition coefficient (Wildman–Crippen LogP) is 14.5. The minimum absolute atomic E-state index is 1.18. The van der Waals surface area contributed by atoms with E-state index >= 15 is 0 Å². The zero-order chi connectivity index (χ0) is 37.0. The van der Waals surface area contributed by atoms with Crippen LogP contribution in [0, 0.1) is 55.4 Å². The Morgan fingerprint density at radius 2 is 0.423 bits per heavy atom. The van der Waals surface area contributed by atoms with Crippen LogP contribution in [-0.4, -0.2) is 0 Å². The maximum absolute atomic E-state index is 2.30. The van der Waals surface area contributed by atoms with Crippen LogP contribution in [0.3, 0.4) is 0 Å². The Morgan fingerprint density at radius 3 is 0.635 bits per heavy atom. The van der Waals surface area contributed by atoms with E-state index in [9.17, 15) is 0 Å². The van der Waals surface area contributed by atoms with Crippen LogP contribution in [0.2, 0.25) is 0 Å². The highest BCUT2D eigenvalue weighted by atomic mass is 15.1. The smallest absolute Gasteiger partial charge is 0.0464 e. The lowest BCUT2D eigenvalue weighted by Crippen LogP contribution is -2.10. The molecule has 52 heavy (non-hydrogen) atoms. The number of anilines is 6. The van der Waals surface area contributed by atoms with Crippen molar-refractivity contribution in [2.75, 3.05) is 9.80 Å². The molecule has 0 aliphatic rings. The normalized spacial score (nSPS) is 10.3. The second kappa shape index (κ2) is 17.9. The maximum atomic E-state index is 2.30. The van der Waals surface area contributed by atoms with Crippen molar-refractivity contribution in [3.05, 3.63) is 214 Å². The monoisotopic (exact) mass is 680 g/mol. The van der Waals surface area contributed by atoms with Gasteiger partial charge in [0.1, 0.15) is 0 Å². The fourth-order valence-corrected chi connectivity index (χ4v) is 5.99. The average Bonchev–Trinajstić information content (AvgIpc) is 3.12. The van der Waals surface area contributed by atoms with Gasteiger partial charge < -0.3 is 9.80 Å². The molecule has 2 nitrogen and oxygen atoms in total. The van der Waals surface area contributed by atoms with Crippen molar-refractivity contribution in [3.8, 4) is 0 Å². The van der Waals surface area contributed by atoms with Crippen molar-refractivity contribution < 1.29 is 0 Å². The molecule has 0 spiro atoms. The highest BCUT2D eigenvalue weighted by Crippen LogP contribution is 2.36. The zero-order valence-electron chi connectivity index (χ0n) is 32.1. The lowest BCUT2D eigenvalue weighted by molar-refractivity contribution is 1.25. The highest BCUT2D eigenvalue weighted by Gasteiger charge is 2.13. The second-order valence-corrected chi connectivity index (χ2v) is 13.9. The SMILES string of the molecule is Cc1ccc(C)cc1.Cc1ccc(N(c2cccc(C)c2)c2cccc(C)c2)cc1.Cc1ccc(N(c2cccc(C)c2)c2cccc(C)c2)cc1. The summed E-state index contributed by atoms with van der Waals surface area (Å²) in [6.07, 6.45) is 0. The summed E-state index contributed by atoms with van der Waals surface area (Å²) in [5, 5.41) is 0. The van der Waals surface area contributed by atoms with Gasteiger partial charge in [-0.05, 0) is 150 Å². The van der Waals surface area contributed by atoms with Gasteiger partial charge in [0.15, 0.2) is 0 Å². The molecule has 0 heterocycles. The van der Waals surface area contributed by atoms with Crippen molar-refractivity contribution in [1.82, 2.24) is 0 Å². The number of rotatable bonds is 6. The van der Waals surface area contributed by atoms with Crippen LogP contribution in [0.4, 0.5) is 34.1 Å². The Hall–Kier alpha value is -5.86. The molecule has 0 fully saturated rings. The number of hydrogen-bond acceptors (Lipinski definition) is 2. The molecule has 0 N–H and O–H groups in total. The van der Waals surface area contributed by atoms with Crippen LogP contribution in [0.15, 0.2) is 170 Å². The first-order chi connectivity index (χ1) is 25.0. The summed E-state index contributed by atoms with van der Waals surface area (Å²) in [4.78, 5) is 4.61. The summed E-state index contributed by atoms with van der Waals surface area (Å²) in [6.45, 7) is 17.0. The lowest BCUT2D eigenvalue weighted by Gasteiger charge is -2.26. The zero-order valence-corrected chi connectivity index (χ0v) is 32.1. The molecular formula is C50H52N2. The molecular weight excluding hydrogens is 629 g/mol. The molecule has 0 saturated carbocycles. The van der Waals surface area contributed by atoms with E-state index in [1.54, 1.807) is 0 Å². The summed E-state index contributed by atoms with van der Waals surface area (Å²) in [6, 6.07) is 60.4. The first kappa shape index (κ1) is 37.4. The van der Waals surface area contributed by atoms with Crippen LogP contribution in [0.25, 0.3) is 0 Å². The van der Waals surface area contributed by atoms with Crippen LogP contribution in [0.1, 0.15) is 44.5 Å². The third kappa shape index (κ3) is 10.6. The molecule has 7 aromatic rings. The van der Waals surface area contributed by atoms with Crippen molar-refractivity contribution in [3.63, 3.8) is 0 Å². The molecule has 0 bridgehead atoms. The molecule has 0 aromatic heterocycles. The molecule has 2 heteroatoms. The van der Waals surface area contributed by atoms with Crippen molar-refractivity contribution in [2.24, 2.45) is 0 Å². The van der Waals surface area contributed by atoms with E-state index in [0.29, 0.717) is 0 Å². The van der Waals surface area contributed by atoms with Gasteiger partial charge in [-0.15, -0.1) is 0 Å². The van der Waals surface area contributed by atoms with Gasteiger partial charge in [-0.1, -0.05) is 119 Å². The van der Waals surface area contributed by atoms with Gasteiger partial charge in [0.25, 0.3) is 0 Å². The Balaban J connectivity index is 0.000000166. The third-order valence-electron chi connectivity index (χ3n) is 8.84. The molecule has 262 valence electrons. The van der Waals surface area contributed by atoms with Gasteiger partial charge in [-0.25, -0.2) is 0 Å². The van der Waals surface area contributed by atoms with E-state index in [0.717, 1.165) is 0 Å². The largest absolute Gasteiger partial charge is 0.310 e. The third-order valence-corrected chi connectivity index (χ3v) is 8.84. The van der Waals surface area contributed by atoms with Gasteiger partial charge >= 0.3 is 0 Å². The van der Waals surface area contributed by atoms with Crippen LogP contribution in [0.5, 0.6) is 0 Å².